The van der Waals surface area contributed by atoms with Crippen LogP contribution in [0.2, 0.25) is 0 Å². The van der Waals surface area contributed by atoms with E-state index in [2.05, 4.69) is 25.2 Å². The molecule has 7 heteroatoms. The van der Waals surface area contributed by atoms with E-state index in [4.69, 9.17) is 9.47 Å². The van der Waals surface area contributed by atoms with Gasteiger partial charge in [0, 0.05) is 44.0 Å². The minimum atomic E-state index is 0.373. The van der Waals surface area contributed by atoms with Crippen LogP contribution in [0, 0.1) is 0 Å². The number of methoxy groups -OCH3 is 2. The Bertz CT molecular complexity index is 596. The van der Waals surface area contributed by atoms with Crippen LogP contribution < -0.4 is 14.8 Å². The van der Waals surface area contributed by atoms with Crippen LogP contribution in [0.5, 0.6) is 11.8 Å². The van der Waals surface area contributed by atoms with E-state index >= 15 is 0 Å². The Morgan fingerprint density at radius 2 is 2.00 bits per heavy atom. The Morgan fingerprint density at radius 1 is 1.17 bits per heavy atom. The van der Waals surface area contributed by atoms with Gasteiger partial charge in [-0.15, -0.1) is 0 Å². The molecule has 0 aliphatic carbocycles. The maximum Gasteiger partial charge on any atom is 0.218 e. The zero-order chi connectivity index (χ0) is 16.1. The summed E-state index contributed by atoms with van der Waals surface area (Å²) in [5, 5.41) is 3.44. The van der Waals surface area contributed by atoms with Crippen LogP contribution in [-0.2, 0) is 6.54 Å². The fourth-order valence-corrected chi connectivity index (χ4v) is 2.75. The van der Waals surface area contributed by atoms with Gasteiger partial charge in [-0.3, -0.25) is 4.90 Å². The number of likely N-dealkylation sites (tertiary alicyclic amines) is 1. The first-order valence-corrected chi connectivity index (χ1v) is 7.60. The second-order valence-corrected chi connectivity index (χ2v) is 5.52. The van der Waals surface area contributed by atoms with Gasteiger partial charge in [-0.05, 0) is 18.1 Å². The third-order valence-electron chi connectivity index (χ3n) is 3.89. The highest BCUT2D eigenvalue weighted by molar-refractivity contribution is 5.38. The van der Waals surface area contributed by atoms with Crippen LogP contribution in [0.3, 0.4) is 0 Å². The van der Waals surface area contributed by atoms with Crippen molar-refractivity contribution in [2.75, 3.05) is 32.6 Å². The van der Waals surface area contributed by atoms with E-state index in [0.29, 0.717) is 17.8 Å². The quantitative estimate of drug-likeness (QED) is 0.867. The van der Waals surface area contributed by atoms with Crippen molar-refractivity contribution in [1.82, 2.24) is 19.9 Å². The number of rotatable bonds is 6. The van der Waals surface area contributed by atoms with Crippen molar-refractivity contribution < 1.29 is 9.47 Å². The average Bonchev–Trinajstić information content (AvgIpc) is 3.02. The SMILES string of the molecule is COc1cc(CN2CCC(Nc3cc(OC)ncn3)C2)ccn1. The lowest BCUT2D eigenvalue weighted by molar-refractivity contribution is 0.327. The Balaban J connectivity index is 1.55. The van der Waals surface area contributed by atoms with Gasteiger partial charge in [0.25, 0.3) is 0 Å². The highest BCUT2D eigenvalue weighted by atomic mass is 16.5. The minimum absolute atomic E-state index is 0.373. The molecule has 2 aromatic rings. The van der Waals surface area contributed by atoms with Crippen molar-refractivity contribution >= 4 is 5.82 Å². The highest BCUT2D eigenvalue weighted by Crippen LogP contribution is 2.19. The molecule has 1 aliphatic rings. The van der Waals surface area contributed by atoms with E-state index in [1.54, 1.807) is 20.4 Å². The smallest absolute Gasteiger partial charge is 0.218 e. The summed E-state index contributed by atoms with van der Waals surface area (Å²) < 4.78 is 10.3. The molecule has 0 aromatic carbocycles. The lowest BCUT2D eigenvalue weighted by atomic mass is 10.2. The fraction of sp³-hybridized carbons (Fsp3) is 0.438. The number of hydrogen-bond acceptors (Lipinski definition) is 7. The van der Waals surface area contributed by atoms with Crippen molar-refractivity contribution in [3.63, 3.8) is 0 Å². The summed E-state index contributed by atoms with van der Waals surface area (Å²) in [4.78, 5) is 14.8. The van der Waals surface area contributed by atoms with E-state index in [1.165, 1.54) is 11.9 Å². The molecule has 7 nitrogen and oxygen atoms in total. The molecule has 1 N–H and O–H groups in total. The first-order chi connectivity index (χ1) is 11.3. The van der Waals surface area contributed by atoms with Crippen molar-refractivity contribution in [3.05, 3.63) is 36.3 Å². The molecule has 1 aliphatic heterocycles. The molecular weight excluding hydrogens is 294 g/mol. The number of aromatic nitrogens is 3. The Kier molecular flexibility index (Phi) is 4.87. The molecule has 0 saturated carbocycles. The predicted molar refractivity (Wildman–Crippen MR) is 86.7 cm³/mol. The first kappa shape index (κ1) is 15.5. The molecule has 1 saturated heterocycles. The van der Waals surface area contributed by atoms with Crippen molar-refractivity contribution in [3.8, 4) is 11.8 Å². The summed E-state index contributed by atoms with van der Waals surface area (Å²) in [7, 11) is 3.24. The largest absolute Gasteiger partial charge is 0.481 e. The molecule has 3 heterocycles. The number of anilines is 1. The van der Waals surface area contributed by atoms with Gasteiger partial charge in [-0.25, -0.2) is 15.0 Å². The molecule has 23 heavy (non-hydrogen) atoms. The minimum Gasteiger partial charge on any atom is -0.481 e. The van der Waals surface area contributed by atoms with E-state index in [-0.39, 0.29) is 0 Å². The summed E-state index contributed by atoms with van der Waals surface area (Å²) in [6.45, 7) is 2.91. The number of ether oxygens (including phenoxy) is 2. The summed E-state index contributed by atoms with van der Waals surface area (Å²) >= 11 is 0. The van der Waals surface area contributed by atoms with Gasteiger partial charge in [-0.2, -0.15) is 0 Å². The number of pyridine rings is 1. The maximum atomic E-state index is 5.17. The lowest BCUT2D eigenvalue weighted by Gasteiger charge is -2.17. The number of nitrogens with one attached hydrogen (secondary N) is 1. The monoisotopic (exact) mass is 315 g/mol. The van der Waals surface area contributed by atoms with Crippen LogP contribution in [0.25, 0.3) is 0 Å². The highest BCUT2D eigenvalue weighted by Gasteiger charge is 2.22. The molecule has 3 rings (SSSR count). The normalized spacial score (nSPS) is 17.9. The number of nitrogens with zero attached hydrogens (tertiary/aromatic N) is 4. The van der Waals surface area contributed by atoms with E-state index < -0.39 is 0 Å². The summed E-state index contributed by atoms with van der Waals surface area (Å²) in [6, 6.07) is 6.20. The van der Waals surface area contributed by atoms with Crippen LogP contribution in [0.4, 0.5) is 5.82 Å². The van der Waals surface area contributed by atoms with Gasteiger partial charge < -0.3 is 14.8 Å². The molecule has 0 bridgehead atoms. The van der Waals surface area contributed by atoms with Gasteiger partial charge in [-0.1, -0.05) is 0 Å². The molecule has 1 atom stereocenters. The second kappa shape index (κ2) is 7.23. The molecule has 0 spiro atoms. The van der Waals surface area contributed by atoms with E-state index in [9.17, 15) is 0 Å². The van der Waals surface area contributed by atoms with E-state index in [1.807, 2.05) is 18.2 Å². The zero-order valence-corrected chi connectivity index (χ0v) is 13.4. The molecule has 0 amide bonds. The fourth-order valence-electron chi connectivity index (χ4n) is 2.75. The third-order valence-corrected chi connectivity index (χ3v) is 3.89. The predicted octanol–water partition coefficient (Wildman–Crippen LogP) is 1.58. The van der Waals surface area contributed by atoms with Crippen molar-refractivity contribution in [2.24, 2.45) is 0 Å². The Hall–Kier alpha value is -2.41. The third kappa shape index (κ3) is 4.07. The zero-order valence-electron chi connectivity index (χ0n) is 13.4. The van der Waals surface area contributed by atoms with Crippen LogP contribution >= 0.6 is 0 Å². The summed E-state index contributed by atoms with van der Waals surface area (Å²) in [5.41, 5.74) is 1.21. The Morgan fingerprint density at radius 3 is 2.83 bits per heavy atom. The van der Waals surface area contributed by atoms with Gasteiger partial charge in [0.05, 0.1) is 14.2 Å². The standard InChI is InChI=1S/C16H21N5O2/c1-22-15-7-12(3-5-17-15)9-21-6-4-13(10-21)20-14-8-16(23-2)19-11-18-14/h3,5,7-8,11,13H,4,6,9-10H2,1-2H3,(H,18,19,20). The van der Waals surface area contributed by atoms with Crippen molar-refractivity contribution in [2.45, 2.75) is 19.0 Å². The molecule has 1 fully saturated rings. The molecular formula is C16H21N5O2. The van der Waals surface area contributed by atoms with Crippen LogP contribution in [0.1, 0.15) is 12.0 Å². The van der Waals surface area contributed by atoms with Gasteiger partial charge in [0.2, 0.25) is 11.8 Å². The molecule has 2 aromatic heterocycles. The summed E-state index contributed by atoms with van der Waals surface area (Å²) in [5.74, 6) is 2.03. The summed E-state index contributed by atoms with van der Waals surface area (Å²) in [6.07, 6.45) is 4.37. The topological polar surface area (TPSA) is 72.4 Å². The maximum absolute atomic E-state index is 5.17. The lowest BCUT2D eigenvalue weighted by Crippen LogP contribution is -2.26. The molecule has 0 radical (unpaired) electrons. The Labute approximate surface area is 135 Å². The van der Waals surface area contributed by atoms with Crippen LogP contribution in [-0.4, -0.2) is 53.2 Å². The van der Waals surface area contributed by atoms with Crippen LogP contribution in [0.15, 0.2) is 30.7 Å². The second-order valence-electron chi connectivity index (χ2n) is 5.52. The molecule has 122 valence electrons. The first-order valence-electron chi connectivity index (χ1n) is 7.60. The van der Waals surface area contributed by atoms with Gasteiger partial charge in [0.15, 0.2) is 0 Å². The van der Waals surface area contributed by atoms with Gasteiger partial charge >= 0.3 is 0 Å². The average molecular weight is 315 g/mol. The number of hydrogen-bond donors (Lipinski definition) is 1. The van der Waals surface area contributed by atoms with Gasteiger partial charge in [0.1, 0.15) is 12.1 Å². The van der Waals surface area contributed by atoms with E-state index in [0.717, 1.165) is 31.9 Å². The van der Waals surface area contributed by atoms with Crippen molar-refractivity contribution in [1.29, 1.82) is 0 Å². The molecule has 1 unspecified atom stereocenters.